The molecule has 0 radical (unpaired) electrons. The van der Waals surface area contributed by atoms with E-state index in [1.807, 2.05) is 0 Å². The first-order chi connectivity index (χ1) is 1.91. The van der Waals surface area contributed by atoms with E-state index in [0.29, 0.717) is 0 Å². The SMILES string of the molecule is N.OCCO.S. The van der Waals surface area contributed by atoms with Gasteiger partial charge in [-0.1, -0.05) is 0 Å². The van der Waals surface area contributed by atoms with Crippen LogP contribution in [0.25, 0.3) is 0 Å². The Bertz CT molecular complexity index is 13.5. The third kappa shape index (κ3) is 29.2. The molecule has 4 heteroatoms. The molecule has 5 N–H and O–H groups in total. The summed E-state index contributed by atoms with van der Waals surface area (Å²) in [5.74, 6) is 0. The minimum Gasteiger partial charge on any atom is -0.394 e. The second-order valence-corrected chi connectivity index (χ2v) is 0.447. The third-order valence-electron chi connectivity index (χ3n) is 0.1000. The van der Waals surface area contributed by atoms with E-state index >= 15 is 0 Å². The van der Waals surface area contributed by atoms with Crippen molar-refractivity contribution in [3.63, 3.8) is 0 Å². The maximum Gasteiger partial charge on any atom is 0.0662 e. The maximum absolute atomic E-state index is 7.62. The van der Waals surface area contributed by atoms with Crippen LogP contribution in [0.5, 0.6) is 0 Å². The van der Waals surface area contributed by atoms with Crippen molar-refractivity contribution in [1.82, 2.24) is 6.15 Å². The van der Waals surface area contributed by atoms with Gasteiger partial charge < -0.3 is 16.4 Å². The summed E-state index contributed by atoms with van der Waals surface area (Å²) < 4.78 is 0. The van der Waals surface area contributed by atoms with Crippen LogP contribution in [-0.2, 0) is 0 Å². The molecule has 0 heterocycles. The highest BCUT2D eigenvalue weighted by Gasteiger charge is 1.58. The standard InChI is InChI=1S/C2H6O2.H3N.H2S/c3-1-2-4;;/h3-4H,1-2H2;1H3;1H2. The van der Waals surface area contributed by atoms with Gasteiger partial charge in [0, 0.05) is 0 Å². The molecule has 0 saturated heterocycles. The molecule has 6 heavy (non-hydrogen) atoms. The Morgan fingerprint density at radius 1 is 1.00 bits per heavy atom. The lowest BCUT2D eigenvalue weighted by molar-refractivity contribution is 0.186. The summed E-state index contributed by atoms with van der Waals surface area (Å²) in [6.07, 6.45) is 0. The van der Waals surface area contributed by atoms with E-state index in [-0.39, 0.29) is 32.9 Å². The summed E-state index contributed by atoms with van der Waals surface area (Å²) in [7, 11) is 0. The fraction of sp³-hybridized carbons (Fsp3) is 1.00. The zero-order valence-electron chi connectivity index (χ0n) is 3.52. The van der Waals surface area contributed by atoms with E-state index in [2.05, 4.69) is 0 Å². The minimum atomic E-state index is -0.125. The van der Waals surface area contributed by atoms with Crippen molar-refractivity contribution < 1.29 is 10.2 Å². The first-order valence-corrected chi connectivity index (χ1v) is 1.13. The fourth-order valence-corrected chi connectivity index (χ4v) is 0. The lowest BCUT2D eigenvalue weighted by Crippen LogP contribution is -1.85. The molecular weight excluding hydrogens is 102 g/mol. The van der Waals surface area contributed by atoms with E-state index in [1.165, 1.54) is 0 Å². The molecule has 0 saturated carbocycles. The molecule has 0 spiro atoms. The molecule has 0 atom stereocenters. The van der Waals surface area contributed by atoms with E-state index in [0.717, 1.165) is 0 Å². The molecule has 0 amide bonds. The number of rotatable bonds is 1. The number of hydrogen-bond donors (Lipinski definition) is 3. The third-order valence-corrected chi connectivity index (χ3v) is 0.1000. The van der Waals surface area contributed by atoms with Crippen molar-refractivity contribution in [3.8, 4) is 0 Å². The van der Waals surface area contributed by atoms with Gasteiger partial charge in [-0.05, 0) is 0 Å². The molecule has 0 rings (SSSR count). The highest BCUT2D eigenvalue weighted by Crippen LogP contribution is 1.39. The van der Waals surface area contributed by atoms with Crippen molar-refractivity contribution in [3.05, 3.63) is 0 Å². The predicted molar refractivity (Wildman–Crippen MR) is 29.6 cm³/mol. The minimum absolute atomic E-state index is 0. The van der Waals surface area contributed by atoms with Crippen LogP contribution in [0.2, 0.25) is 0 Å². The molecule has 42 valence electrons. The van der Waals surface area contributed by atoms with Gasteiger partial charge in [-0.2, -0.15) is 13.5 Å². The Morgan fingerprint density at radius 3 is 1.17 bits per heavy atom. The molecule has 0 aromatic rings. The molecule has 0 unspecified atom stereocenters. The summed E-state index contributed by atoms with van der Waals surface area (Å²) in [6.45, 7) is -0.250. The monoisotopic (exact) mass is 113 g/mol. The second kappa shape index (κ2) is 18.8. The van der Waals surface area contributed by atoms with Gasteiger partial charge in [0.2, 0.25) is 0 Å². The van der Waals surface area contributed by atoms with Crippen molar-refractivity contribution >= 4 is 13.5 Å². The number of hydrogen-bond acceptors (Lipinski definition) is 3. The average molecular weight is 113 g/mol. The zero-order chi connectivity index (χ0) is 3.41. The van der Waals surface area contributed by atoms with Crippen molar-refractivity contribution in [1.29, 1.82) is 0 Å². The maximum atomic E-state index is 7.62. The van der Waals surface area contributed by atoms with Crippen LogP contribution in [-0.4, -0.2) is 23.4 Å². The normalized spacial score (nSPS) is 5.00. The van der Waals surface area contributed by atoms with Crippen LogP contribution in [0.15, 0.2) is 0 Å². The molecule has 0 fully saturated rings. The van der Waals surface area contributed by atoms with Crippen LogP contribution in [0, 0.1) is 0 Å². The van der Waals surface area contributed by atoms with Crippen LogP contribution in [0.1, 0.15) is 0 Å². The van der Waals surface area contributed by atoms with E-state index < -0.39 is 0 Å². The molecule has 0 aromatic carbocycles. The number of aliphatic hydroxyl groups excluding tert-OH is 2. The zero-order valence-corrected chi connectivity index (χ0v) is 4.52. The van der Waals surface area contributed by atoms with Gasteiger partial charge in [0.15, 0.2) is 0 Å². The van der Waals surface area contributed by atoms with Crippen LogP contribution < -0.4 is 6.15 Å². The van der Waals surface area contributed by atoms with Crippen LogP contribution >= 0.6 is 13.5 Å². The van der Waals surface area contributed by atoms with Crippen LogP contribution in [0.3, 0.4) is 0 Å². The highest BCUT2D eigenvalue weighted by atomic mass is 32.1. The lowest BCUT2D eigenvalue weighted by atomic mass is 10.8. The van der Waals surface area contributed by atoms with Gasteiger partial charge >= 0.3 is 0 Å². The average Bonchev–Trinajstić information content (AvgIpc) is 1.37. The summed E-state index contributed by atoms with van der Waals surface area (Å²) in [6, 6.07) is 0. The second-order valence-electron chi connectivity index (χ2n) is 0.447. The van der Waals surface area contributed by atoms with Crippen molar-refractivity contribution in [2.45, 2.75) is 0 Å². The summed E-state index contributed by atoms with van der Waals surface area (Å²) >= 11 is 0. The Hall–Kier alpha value is 0.230. The van der Waals surface area contributed by atoms with Gasteiger partial charge in [0.25, 0.3) is 0 Å². The summed E-state index contributed by atoms with van der Waals surface area (Å²) in [5, 5.41) is 15.2. The van der Waals surface area contributed by atoms with E-state index in [4.69, 9.17) is 10.2 Å². The highest BCUT2D eigenvalue weighted by molar-refractivity contribution is 7.59. The summed E-state index contributed by atoms with van der Waals surface area (Å²) in [4.78, 5) is 0. The summed E-state index contributed by atoms with van der Waals surface area (Å²) in [5.41, 5.74) is 0. The van der Waals surface area contributed by atoms with Gasteiger partial charge in [-0.25, -0.2) is 0 Å². The van der Waals surface area contributed by atoms with Gasteiger partial charge in [-0.3, -0.25) is 0 Å². The Morgan fingerprint density at radius 2 is 1.17 bits per heavy atom. The molecule has 0 aliphatic heterocycles. The molecular formula is C2H11NO2S. The quantitative estimate of drug-likeness (QED) is 0.418. The topological polar surface area (TPSA) is 75.5 Å². The fourth-order valence-electron chi connectivity index (χ4n) is 0. The van der Waals surface area contributed by atoms with Crippen molar-refractivity contribution in [2.24, 2.45) is 0 Å². The Kier molecular flexibility index (Phi) is 51.2. The first-order valence-electron chi connectivity index (χ1n) is 1.13. The Balaban J connectivity index is -0.0000000450. The van der Waals surface area contributed by atoms with Gasteiger partial charge in [0.05, 0.1) is 13.2 Å². The molecule has 0 aliphatic carbocycles. The van der Waals surface area contributed by atoms with E-state index in [9.17, 15) is 0 Å². The predicted octanol–water partition coefficient (Wildman–Crippen LogP) is -0.754. The largest absolute Gasteiger partial charge is 0.394 e. The van der Waals surface area contributed by atoms with Crippen LogP contribution in [0.4, 0.5) is 0 Å². The Labute approximate surface area is 44.0 Å². The molecule has 0 aliphatic rings. The molecule has 0 bridgehead atoms. The van der Waals surface area contributed by atoms with E-state index in [1.54, 1.807) is 0 Å². The number of aliphatic hydroxyl groups is 2. The van der Waals surface area contributed by atoms with Gasteiger partial charge in [-0.15, -0.1) is 0 Å². The lowest BCUT2D eigenvalue weighted by Gasteiger charge is -1.70. The molecule has 0 aromatic heterocycles. The van der Waals surface area contributed by atoms with Crippen molar-refractivity contribution in [2.75, 3.05) is 13.2 Å². The molecule has 3 nitrogen and oxygen atoms in total. The van der Waals surface area contributed by atoms with Gasteiger partial charge in [0.1, 0.15) is 0 Å². The smallest absolute Gasteiger partial charge is 0.0662 e. The first kappa shape index (κ1) is 16.3.